The van der Waals surface area contributed by atoms with Crippen LogP contribution in [0.5, 0.6) is 11.5 Å². The van der Waals surface area contributed by atoms with Gasteiger partial charge in [-0.3, -0.25) is 0 Å². The van der Waals surface area contributed by atoms with Gasteiger partial charge in [0.25, 0.3) is 0 Å². The molecule has 3 heteroatoms. The first-order chi connectivity index (χ1) is 11.3. The summed E-state index contributed by atoms with van der Waals surface area (Å²) >= 11 is 0. The maximum atomic E-state index is 5.88. The molecule has 124 valence electrons. The Balaban J connectivity index is 1.95. The van der Waals surface area contributed by atoms with Crippen molar-refractivity contribution < 1.29 is 9.47 Å². The van der Waals surface area contributed by atoms with Crippen molar-refractivity contribution in [2.24, 2.45) is 0 Å². The molecule has 0 aliphatic carbocycles. The van der Waals surface area contributed by atoms with Gasteiger partial charge in [-0.1, -0.05) is 44.5 Å². The highest BCUT2D eigenvalue weighted by molar-refractivity contribution is 5.49. The second-order valence-electron chi connectivity index (χ2n) is 5.54. The van der Waals surface area contributed by atoms with Crippen LogP contribution in [0.1, 0.15) is 38.7 Å². The molecule has 0 spiro atoms. The third kappa shape index (κ3) is 5.85. The van der Waals surface area contributed by atoms with E-state index in [-0.39, 0.29) is 0 Å². The Morgan fingerprint density at radius 3 is 2.57 bits per heavy atom. The summed E-state index contributed by atoms with van der Waals surface area (Å²) < 4.78 is 11.6. The van der Waals surface area contributed by atoms with Crippen LogP contribution in [0.2, 0.25) is 0 Å². The van der Waals surface area contributed by atoms with Crippen LogP contribution < -0.4 is 14.8 Å². The van der Waals surface area contributed by atoms with Gasteiger partial charge >= 0.3 is 0 Å². The summed E-state index contributed by atoms with van der Waals surface area (Å²) in [6.45, 7) is 6.53. The Morgan fingerprint density at radius 2 is 1.74 bits per heavy atom. The average Bonchev–Trinajstić information content (AvgIpc) is 2.60. The number of anilines is 1. The predicted molar refractivity (Wildman–Crippen MR) is 96.4 cm³/mol. The van der Waals surface area contributed by atoms with Crippen LogP contribution in [-0.4, -0.2) is 13.2 Å². The molecule has 0 atom stereocenters. The second-order valence-corrected chi connectivity index (χ2v) is 5.54. The molecule has 0 saturated carbocycles. The number of benzene rings is 2. The molecule has 0 saturated heterocycles. The lowest BCUT2D eigenvalue weighted by Crippen LogP contribution is -2.04. The minimum atomic E-state index is 0.736. The molecule has 23 heavy (non-hydrogen) atoms. The molecule has 2 aromatic carbocycles. The van der Waals surface area contributed by atoms with Crippen LogP contribution in [0.4, 0.5) is 5.69 Å². The summed E-state index contributed by atoms with van der Waals surface area (Å²) in [5.74, 6) is 1.87. The number of hydrogen-bond donors (Lipinski definition) is 1. The summed E-state index contributed by atoms with van der Waals surface area (Å²) in [5.41, 5.74) is 2.23. The Bertz CT molecular complexity index is 583. The number of rotatable bonds is 10. The maximum Gasteiger partial charge on any atom is 0.124 e. The van der Waals surface area contributed by atoms with Gasteiger partial charge in [0, 0.05) is 23.9 Å². The van der Waals surface area contributed by atoms with Gasteiger partial charge in [0.15, 0.2) is 0 Å². The van der Waals surface area contributed by atoms with Gasteiger partial charge in [0.1, 0.15) is 11.5 Å². The lowest BCUT2D eigenvalue weighted by molar-refractivity contribution is 0.306. The second kappa shape index (κ2) is 9.78. The number of hydrogen-bond acceptors (Lipinski definition) is 3. The van der Waals surface area contributed by atoms with E-state index >= 15 is 0 Å². The minimum absolute atomic E-state index is 0.736. The molecule has 0 aliphatic heterocycles. The molecule has 0 aliphatic rings. The van der Waals surface area contributed by atoms with Gasteiger partial charge < -0.3 is 14.8 Å². The van der Waals surface area contributed by atoms with Crippen LogP contribution in [-0.2, 0) is 6.54 Å². The van der Waals surface area contributed by atoms with Crippen LogP contribution >= 0.6 is 0 Å². The zero-order valence-corrected chi connectivity index (χ0v) is 14.2. The molecular formula is C20H27NO2. The van der Waals surface area contributed by atoms with Crippen LogP contribution in [0, 0.1) is 0 Å². The van der Waals surface area contributed by atoms with Gasteiger partial charge in [0.05, 0.1) is 13.2 Å². The Kier molecular flexibility index (Phi) is 7.31. The summed E-state index contributed by atoms with van der Waals surface area (Å²) in [7, 11) is 0. The number of ether oxygens (including phenoxy) is 2. The summed E-state index contributed by atoms with van der Waals surface area (Å²) in [6.07, 6.45) is 3.24. The van der Waals surface area contributed by atoms with E-state index in [2.05, 4.69) is 31.3 Å². The van der Waals surface area contributed by atoms with E-state index in [0.717, 1.165) is 56.2 Å². The summed E-state index contributed by atoms with van der Waals surface area (Å²) in [6, 6.07) is 16.3. The van der Waals surface area contributed by atoms with Crippen LogP contribution in [0.3, 0.4) is 0 Å². The lowest BCUT2D eigenvalue weighted by atomic mass is 10.2. The average molecular weight is 313 g/mol. The summed E-state index contributed by atoms with van der Waals surface area (Å²) in [5, 5.41) is 3.45. The quantitative estimate of drug-likeness (QED) is 0.606. The van der Waals surface area contributed by atoms with Gasteiger partial charge in [-0.15, -0.1) is 0 Å². The Labute approximate surface area is 139 Å². The van der Waals surface area contributed by atoms with Gasteiger partial charge in [-0.25, -0.2) is 0 Å². The van der Waals surface area contributed by atoms with E-state index in [1.165, 1.54) is 5.56 Å². The fourth-order valence-electron chi connectivity index (χ4n) is 2.23. The standard InChI is InChI=1S/C20H27NO2/c1-3-5-14-23-20-12-7-6-9-17(20)16-21-18-10-8-11-19(15-18)22-13-4-2/h6-12,15,21H,3-5,13-14,16H2,1-2H3. The number of unbranched alkanes of at least 4 members (excludes halogenated alkanes) is 1. The first-order valence-electron chi connectivity index (χ1n) is 8.51. The largest absolute Gasteiger partial charge is 0.494 e. The third-order valence-electron chi connectivity index (χ3n) is 3.52. The molecule has 0 radical (unpaired) electrons. The number of nitrogens with one attached hydrogen (secondary N) is 1. The molecule has 1 N–H and O–H groups in total. The molecule has 0 fully saturated rings. The fourth-order valence-corrected chi connectivity index (χ4v) is 2.23. The van der Waals surface area contributed by atoms with Gasteiger partial charge in [-0.2, -0.15) is 0 Å². The summed E-state index contributed by atoms with van der Waals surface area (Å²) in [4.78, 5) is 0. The Hall–Kier alpha value is -2.16. The molecule has 0 amide bonds. The molecular weight excluding hydrogens is 286 g/mol. The normalized spacial score (nSPS) is 10.3. The first kappa shape index (κ1) is 17.2. The molecule has 2 rings (SSSR count). The first-order valence-corrected chi connectivity index (χ1v) is 8.51. The van der Waals surface area contributed by atoms with E-state index in [9.17, 15) is 0 Å². The molecule has 0 heterocycles. The van der Waals surface area contributed by atoms with Crippen molar-refractivity contribution in [3.63, 3.8) is 0 Å². The SMILES string of the molecule is CCCCOc1ccccc1CNc1cccc(OCCC)c1. The number of para-hydroxylation sites is 1. The van der Waals surface area contributed by atoms with Crippen molar-refractivity contribution >= 4 is 5.69 Å². The van der Waals surface area contributed by atoms with E-state index in [0.29, 0.717) is 0 Å². The van der Waals surface area contributed by atoms with Gasteiger partial charge in [0.2, 0.25) is 0 Å². The highest BCUT2D eigenvalue weighted by Gasteiger charge is 2.03. The molecule has 0 unspecified atom stereocenters. The van der Waals surface area contributed by atoms with E-state index in [1.807, 2.05) is 36.4 Å². The Morgan fingerprint density at radius 1 is 0.870 bits per heavy atom. The third-order valence-corrected chi connectivity index (χ3v) is 3.52. The fraction of sp³-hybridized carbons (Fsp3) is 0.400. The maximum absolute atomic E-state index is 5.88. The van der Waals surface area contributed by atoms with Crippen molar-refractivity contribution in [1.82, 2.24) is 0 Å². The molecule has 0 bridgehead atoms. The zero-order chi connectivity index (χ0) is 16.3. The smallest absolute Gasteiger partial charge is 0.124 e. The van der Waals surface area contributed by atoms with Crippen molar-refractivity contribution in [2.75, 3.05) is 18.5 Å². The van der Waals surface area contributed by atoms with E-state index in [1.54, 1.807) is 0 Å². The van der Waals surface area contributed by atoms with Crippen molar-refractivity contribution in [3.8, 4) is 11.5 Å². The monoisotopic (exact) mass is 313 g/mol. The van der Waals surface area contributed by atoms with E-state index < -0.39 is 0 Å². The van der Waals surface area contributed by atoms with Crippen LogP contribution in [0.15, 0.2) is 48.5 Å². The van der Waals surface area contributed by atoms with Gasteiger partial charge in [-0.05, 0) is 31.0 Å². The minimum Gasteiger partial charge on any atom is -0.494 e. The molecule has 3 nitrogen and oxygen atoms in total. The molecule has 2 aromatic rings. The highest BCUT2D eigenvalue weighted by atomic mass is 16.5. The van der Waals surface area contributed by atoms with Crippen molar-refractivity contribution in [3.05, 3.63) is 54.1 Å². The highest BCUT2D eigenvalue weighted by Crippen LogP contribution is 2.22. The predicted octanol–water partition coefficient (Wildman–Crippen LogP) is 5.27. The molecule has 0 aromatic heterocycles. The van der Waals surface area contributed by atoms with Crippen molar-refractivity contribution in [1.29, 1.82) is 0 Å². The van der Waals surface area contributed by atoms with Crippen molar-refractivity contribution in [2.45, 2.75) is 39.7 Å². The van der Waals surface area contributed by atoms with Crippen LogP contribution in [0.25, 0.3) is 0 Å². The topological polar surface area (TPSA) is 30.5 Å². The lowest BCUT2D eigenvalue weighted by Gasteiger charge is -2.13. The van der Waals surface area contributed by atoms with E-state index in [4.69, 9.17) is 9.47 Å². The zero-order valence-electron chi connectivity index (χ0n) is 14.2.